The van der Waals surface area contributed by atoms with E-state index in [1.54, 1.807) is 24.3 Å². The van der Waals surface area contributed by atoms with E-state index in [4.69, 9.17) is 13.6 Å². The van der Waals surface area contributed by atoms with Crippen LogP contribution in [0.5, 0.6) is 5.75 Å². The topological polar surface area (TPSA) is 44.8 Å². The number of carbonyl (C=O) groups is 1. The molecule has 4 nitrogen and oxygen atoms in total. The zero-order chi connectivity index (χ0) is 11.3. The maximum Gasteiger partial charge on any atom is 0.396 e. The lowest BCUT2D eigenvalue weighted by Gasteiger charge is -2.12. The van der Waals surface area contributed by atoms with Crippen LogP contribution in [0.2, 0.25) is 0 Å². The van der Waals surface area contributed by atoms with Crippen LogP contribution in [-0.2, 0) is 9.05 Å². The summed E-state index contributed by atoms with van der Waals surface area (Å²) >= 11 is 0. The molecule has 0 radical (unpaired) electrons. The van der Waals surface area contributed by atoms with E-state index in [0.29, 0.717) is 11.3 Å². The lowest BCUT2D eigenvalue weighted by molar-refractivity contribution is 0.101. The minimum absolute atomic E-state index is 0.0299. The molecule has 1 aromatic carbocycles. The minimum atomic E-state index is -1.34. The van der Waals surface area contributed by atoms with Crippen molar-refractivity contribution in [1.29, 1.82) is 0 Å². The second kappa shape index (κ2) is 5.81. The molecular weight excluding hydrogens is 215 g/mol. The standard InChI is InChI=1S/C10H13O4P/c1-8(11)9-4-6-10(7-5-9)14-15(12-2)13-3/h4-7H,1-3H3. The predicted octanol–water partition coefficient (Wildman–Crippen LogP) is 2.79. The molecule has 0 aromatic heterocycles. The smallest absolute Gasteiger partial charge is 0.396 e. The van der Waals surface area contributed by atoms with Crippen LogP contribution in [0.4, 0.5) is 0 Å². The zero-order valence-electron chi connectivity index (χ0n) is 8.89. The molecule has 1 rings (SSSR count). The monoisotopic (exact) mass is 228 g/mol. The van der Waals surface area contributed by atoms with Crippen LogP contribution in [0.1, 0.15) is 17.3 Å². The molecule has 0 saturated carbocycles. The van der Waals surface area contributed by atoms with Crippen LogP contribution >= 0.6 is 8.60 Å². The number of ketones is 1. The van der Waals surface area contributed by atoms with Gasteiger partial charge in [-0.2, -0.15) is 0 Å². The largest absolute Gasteiger partial charge is 0.427 e. The van der Waals surface area contributed by atoms with E-state index < -0.39 is 8.60 Å². The molecule has 15 heavy (non-hydrogen) atoms. The Morgan fingerprint density at radius 2 is 1.67 bits per heavy atom. The molecule has 1 aromatic rings. The normalized spacial score (nSPS) is 10.4. The Kier molecular flexibility index (Phi) is 4.69. The van der Waals surface area contributed by atoms with Crippen molar-refractivity contribution in [2.45, 2.75) is 6.92 Å². The highest BCUT2D eigenvalue weighted by atomic mass is 31.2. The third kappa shape index (κ3) is 3.59. The van der Waals surface area contributed by atoms with Gasteiger partial charge in [0.1, 0.15) is 5.75 Å². The van der Waals surface area contributed by atoms with Gasteiger partial charge in [-0.15, -0.1) is 0 Å². The van der Waals surface area contributed by atoms with Gasteiger partial charge in [-0.1, -0.05) is 0 Å². The zero-order valence-corrected chi connectivity index (χ0v) is 9.78. The second-order valence-electron chi connectivity index (χ2n) is 2.76. The first kappa shape index (κ1) is 12.1. The molecule has 0 bridgehead atoms. The van der Waals surface area contributed by atoms with Gasteiger partial charge in [-0.3, -0.25) is 4.79 Å². The number of Topliss-reactive ketones (excluding diaryl/α,β-unsaturated/α-hetero) is 1. The van der Waals surface area contributed by atoms with Gasteiger partial charge < -0.3 is 13.6 Å². The van der Waals surface area contributed by atoms with E-state index in [-0.39, 0.29) is 5.78 Å². The Balaban J connectivity index is 2.67. The van der Waals surface area contributed by atoms with Crippen molar-refractivity contribution >= 4 is 14.4 Å². The van der Waals surface area contributed by atoms with Gasteiger partial charge in [0.2, 0.25) is 0 Å². The molecule has 82 valence electrons. The first-order valence-electron chi connectivity index (χ1n) is 4.34. The number of benzene rings is 1. The van der Waals surface area contributed by atoms with Crippen LogP contribution in [0, 0.1) is 0 Å². The summed E-state index contributed by atoms with van der Waals surface area (Å²) in [6, 6.07) is 6.83. The number of hydrogen-bond acceptors (Lipinski definition) is 4. The Bertz CT molecular complexity index is 319. The molecule has 0 atom stereocenters. The number of carbonyl (C=O) groups excluding carboxylic acids is 1. The molecule has 0 N–H and O–H groups in total. The minimum Gasteiger partial charge on any atom is -0.427 e. The highest BCUT2D eigenvalue weighted by Gasteiger charge is 2.09. The molecule has 0 aliphatic carbocycles. The molecule has 0 fully saturated rings. The summed E-state index contributed by atoms with van der Waals surface area (Å²) < 4.78 is 15.2. The van der Waals surface area contributed by atoms with Crippen molar-refractivity contribution in [3.8, 4) is 5.75 Å². The van der Waals surface area contributed by atoms with Crippen molar-refractivity contribution in [1.82, 2.24) is 0 Å². The van der Waals surface area contributed by atoms with Crippen molar-refractivity contribution in [3.63, 3.8) is 0 Å². The number of hydrogen-bond donors (Lipinski definition) is 0. The van der Waals surface area contributed by atoms with E-state index in [2.05, 4.69) is 0 Å². The maximum absolute atomic E-state index is 11.0. The summed E-state index contributed by atoms with van der Waals surface area (Å²) in [6.45, 7) is 1.52. The lowest BCUT2D eigenvalue weighted by Crippen LogP contribution is -1.94. The summed E-state index contributed by atoms with van der Waals surface area (Å²) in [5, 5.41) is 0. The van der Waals surface area contributed by atoms with Crippen LogP contribution in [0.3, 0.4) is 0 Å². The van der Waals surface area contributed by atoms with Crippen LogP contribution in [-0.4, -0.2) is 20.0 Å². The summed E-state index contributed by atoms with van der Waals surface area (Å²) in [5.41, 5.74) is 0.654. The Labute approximate surface area is 90.2 Å². The molecule has 0 unspecified atom stereocenters. The van der Waals surface area contributed by atoms with Crippen molar-refractivity contribution in [2.75, 3.05) is 14.2 Å². The first-order chi connectivity index (χ1) is 7.17. The Morgan fingerprint density at radius 3 is 2.07 bits per heavy atom. The van der Waals surface area contributed by atoms with Crippen LogP contribution in [0.15, 0.2) is 24.3 Å². The van der Waals surface area contributed by atoms with Gasteiger partial charge in [-0.25, -0.2) is 0 Å². The highest BCUT2D eigenvalue weighted by molar-refractivity contribution is 7.42. The van der Waals surface area contributed by atoms with E-state index in [1.165, 1.54) is 21.1 Å². The molecule has 5 heteroatoms. The van der Waals surface area contributed by atoms with Crippen molar-refractivity contribution < 1.29 is 18.4 Å². The van der Waals surface area contributed by atoms with E-state index in [0.717, 1.165) is 0 Å². The molecule has 0 heterocycles. The van der Waals surface area contributed by atoms with Gasteiger partial charge in [-0.05, 0) is 31.2 Å². The SMILES string of the molecule is COP(OC)Oc1ccc(C(C)=O)cc1. The number of rotatable bonds is 5. The summed E-state index contributed by atoms with van der Waals surface area (Å²) in [7, 11) is 1.68. The maximum atomic E-state index is 11.0. The first-order valence-corrected chi connectivity index (χ1v) is 5.44. The predicted molar refractivity (Wildman–Crippen MR) is 58.0 cm³/mol. The van der Waals surface area contributed by atoms with Gasteiger partial charge in [0.05, 0.1) is 0 Å². The van der Waals surface area contributed by atoms with Crippen molar-refractivity contribution in [3.05, 3.63) is 29.8 Å². The van der Waals surface area contributed by atoms with Crippen LogP contribution < -0.4 is 4.52 Å². The fourth-order valence-electron chi connectivity index (χ4n) is 0.986. The van der Waals surface area contributed by atoms with E-state index in [1.807, 2.05) is 0 Å². The third-order valence-electron chi connectivity index (χ3n) is 1.74. The summed E-state index contributed by atoms with van der Waals surface area (Å²) in [6.07, 6.45) is 0. The highest BCUT2D eigenvalue weighted by Crippen LogP contribution is 2.38. The van der Waals surface area contributed by atoms with E-state index >= 15 is 0 Å². The molecule has 0 spiro atoms. The average Bonchev–Trinajstić information content (AvgIpc) is 2.26. The quantitative estimate of drug-likeness (QED) is 0.574. The fraction of sp³-hybridized carbons (Fsp3) is 0.300. The van der Waals surface area contributed by atoms with Gasteiger partial charge in [0.25, 0.3) is 0 Å². The Morgan fingerprint density at radius 1 is 1.13 bits per heavy atom. The Hall–Kier alpha value is -0.960. The summed E-state index contributed by atoms with van der Waals surface area (Å²) in [5.74, 6) is 0.650. The van der Waals surface area contributed by atoms with Crippen molar-refractivity contribution in [2.24, 2.45) is 0 Å². The van der Waals surface area contributed by atoms with E-state index in [9.17, 15) is 4.79 Å². The van der Waals surface area contributed by atoms with Gasteiger partial charge >= 0.3 is 8.60 Å². The van der Waals surface area contributed by atoms with Gasteiger partial charge in [0, 0.05) is 19.8 Å². The fourth-order valence-corrected chi connectivity index (χ4v) is 1.58. The molecule has 0 aliphatic heterocycles. The lowest BCUT2D eigenvalue weighted by atomic mass is 10.1. The average molecular weight is 228 g/mol. The second-order valence-corrected chi connectivity index (χ2v) is 4.12. The third-order valence-corrected chi connectivity index (χ3v) is 2.70. The summed E-state index contributed by atoms with van der Waals surface area (Å²) in [4.78, 5) is 11.0. The van der Waals surface area contributed by atoms with Gasteiger partial charge in [0.15, 0.2) is 5.78 Å². The molecule has 0 amide bonds. The van der Waals surface area contributed by atoms with Crippen LogP contribution in [0.25, 0.3) is 0 Å². The molecule has 0 saturated heterocycles. The molecular formula is C10H13O4P. The molecule has 0 aliphatic rings.